The number of nitrogens with zero attached hydrogens (tertiary/aromatic N) is 5. The highest BCUT2D eigenvalue weighted by Crippen LogP contribution is 2.37. The lowest BCUT2D eigenvalue weighted by Gasteiger charge is -2.35. The lowest BCUT2D eigenvalue weighted by molar-refractivity contribution is 0.0610. The van der Waals surface area contributed by atoms with E-state index in [1.54, 1.807) is 4.68 Å². The van der Waals surface area contributed by atoms with Gasteiger partial charge in [0.25, 0.3) is 5.91 Å². The summed E-state index contributed by atoms with van der Waals surface area (Å²) >= 11 is 1.47. The fourth-order valence-corrected chi connectivity index (χ4v) is 4.63. The van der Waals surface area contributed by atoms with Gasteiger partial charge in [0.2, 0.25) is 0 Å². The minimum absolute atomic E-state index is 0.0492. The van der Waals surface area contributed by atoms with Crippen LogP contribution in [0.5, 0.6) is 0 Å². The fraction of sp³-hybridized carbons (Fsp3) is 0.474. The third-order valence-corrected chi connectivity index (χ3v) is 5.99. The maximum Gasteiger partial charge on any atom is 0.266 e. The Morgan fingerprint density at radius 2 is 2.11 bits per heavy atom. The first-order valence-electron chi connectivity index (χ1n) is 9.16. The molecule has 1 atom stereocenters. The van der Waals surface area contributed by atoms with E-state index in [-0.39, 0.29) is 11.9 Å². The molecule has 7 nitrogen and oxygen atoms in total. The molecule has 1 aliphatic heterocycles. The second-order valence-corrected chi connectivity index (χ2v) is 8.29. The highest BCUT2D eigenvalue weighted by atomic mass is 32.1. The van der Waals surface area contributed by atoms with Crippen molar-refractivity contribution >= 4 is 17.2 Å². The van der Waals surface area contributed by atoms with Crippen molar-refractivity contribution in [2.45, 2.75) is 46.1 Å². The van der Waals surface area contributed by atoms with Crippen molar-refractivity contribution in [2.24, 2.45) is 7.05 Å². The molecule has 8 heteroatoms. The molecular weight excluding hydrogens is 362 g/mol. The average molecular weight is 385 g/mol. The highest BCUT2D eigenvalue weighted by Gasteiger charge is 2.34. The Labute approximate surface area is 162 Å². The van der Waals surface area contributed by atoms with E-state index in [0.717, 1.165) is 58.3 Å². The van der Waals surface area contributed by atoms with E-state index < -0.39 is 0 Å². The quantitative estimate of drug-likeness (QED) is 0.685. The van der Waals surface area contributed by atoms with Crippen LogP contribution < -0.4 is 0 Å². The Balaban J connectivity index is 1.73. The Morgan fingerprint density at radius 1 is 1.30 bits per heavy atom. The van der Waals surface area contributed by atoms with Crippen LogP contribution in [0.2, 0.25) is 0 Å². The number of hydrogen-bond donors (Lipinski definition) is 0. The molecular formula is C19H23N5O2S. The second kappa shape index (κ2) is 6.92. The molecule has 4 heterocycles. The Bertz CT molecular complexity index is 986. The van der Waals surface area contributed by atoms with E-state index in [9.17, 15) is 4.79 Å². The zero-order valence-corrected chi connectivity index (χ0v) is 16.8. The summed E-state index contributed by atoms with van der Waals surface area (Å²) in [7, 11) is 1.89. The summed E-state index contributed by atoms with van der Waals surface area (Å²) in [6.07, 6.45) is 4.90. The van der Waals surface area contributed by atoms with Crippen LogP contribution in [0.3, 0.4) is 0 Å². The molecule has 3 aromatic heterocycles. The van der Waals surface area contributed by atoms with Gasteiger partial charge in [-0.2, -0.15) is 5.10 Å². The number of piperidine rings is 1. The summed E-state index contributed by atoms with van der Waals surface area (Å²) in [6, 6.07) is 1.83. The molecule has 0 aliphatic carbocycles. The first-order valence-corrected chi connectivity index (χ1v) is 9.98. The van der Waals surface area contributed by atoms with Crippen LogP contribution >= 0.6 is 11.3 Å². The van der Waals surface area contributed by atoms with Gasteiger partial charge in [-0.05, 0) is 40.0 Å². The van der Waals surface area contributed by atoms with Crippen LogP contribution in [0.15, 0.2) is 16.8 Å². The third-order valence-electron chi connectivity index (χ3n) is 4.93. The van der Waals surface area contributed by atoms with Crippen molar-refractivity contribution in [1.82, 2.24) is 24.8 Å². The topological polar surface area (TPSA) is 77.0 Å². The number of aromatic nitrogens is 4. The number of hydrogen-bond acceptors (Lipinski definition) is 6. The summed E-state index contributed by atoms with van der Waals surface area (Å²) in [4.78, 5) is 20.4. The van der Waals surface area contributed by atoms with Gasteiger partial charge in [-0.15, -0.1) is 11.3 Å². The lowest BCUT2D eigenvalue weighted by atomic mass is 9.96. The summed E-state index contributed by atoms with van der Waals surface area (Å²) in [5.41, 5.74) is 3.41. The molecule has 0 bridgehead atoms. The number of rotatable bonds is 3. The zero-order valence-electron chi connectivity index (χ0n) is 16.0. The molecule has 0 saturated carbocycles. The maximum atomic E-state index is 13.3. The molecule has 1 amide bonds. The van der Waals surface area contributed by atoms with Crippen LogP contribution in [0.25, 0.3) is 11.3 Å². The predicted octanol–water partition coefficient (Wildman–Crippen LogP) is 3.82. The molecule has 142 valence electrons. The molecule has 0 N–H and O–H groups in total. The molecule has 1 unspecified atom stereocenters. The van der Waals surface area contributed by atoms with Gasteiger partial charge >= 0.3 is 0 Å². The monoisotopic (exact) mass is 385 g/mol. The molecule has 27 heavy (non-hydrogen) atoms. The van der Waals surface area contributed by atoms with Crippen molar-refractivity contribution in [1.29, 1.82) is 0 Å². The predicted molar refractivity (Wildman–Crippen MR) is 103 cm³/mol. The van der Waals surface area contributed by atoms with Gasteiger partial charge in [0, 0.05) is 25.9 Å². The number of thiazole rings is 1. The molecule has 0 aromatic carbocycles. The number of carbonyl (C=O) groups excluding carboxylic acids is 1. The summed E-state index contributed by atoms with van der Waals surface area (Å²) in [5.74, 6) is 0.742. The summed E-state index contributed by atoms with van der Waals surface area (Å²) < 4.78 is 7.26. The third kappa shape index (κ3) is 3.29. The number of aryl methyl sites for hydroxylation is 4. The fourth-order valence-electron chi connectivity index (χ4n) is 3.75. The first-order chi connectivity index (χ1) is 12.9. The van der Waals surface area contributed by atoms with Crippen LogP contribution in [-0.4, -0.2) is 37.3 Å². The SMILES string of the molecule is Cc1cc(-c2cn(C)nc2C2CCCCN2C(=O)c2sc(C)nc2C)on1. The van der Waals surface area contributed by atoms with Gasteiger partial charge in [0.15, 0.2) is 5.76 Å². The summed E-state index contributed by atoms with van der Waals surface area (Å²) in [6.45, 7) is 6.46. The van der Waals surface area contributed by atoms with Crippen molar-refractivity contribution < 1.29 is 9.32 Å². The minimum atomic E-state index is -0.0744. The van der Waals surface area contributed by atoms with Gasteiger partial charge in [-0.25, -0.2) is 4.98 Å². The Hall–Kier alpha value is -2.48. The van der Waals surface area contributed by atoms with Gasteiger partial charge in [-0.3, -0.25) is 9.48 Å². The van der Waals surface area contributed by atoms with Crippen LogP contribution in [0.1, 0.15) is 57.1 Å². The van der Waals surface area contributed by atoms with E-state index in [2.05, 4.69) is 10.1 Å². The largest absolute Gasteiger partial charge is 0.356 e. The van der Waals surface area contributed by atoms with Crippen molar-refractivity contribution in [3.05, 3.63) is 39.2 Å². The second-order valence-electron chi connectivity index (χ2n) is 7.09. The van der Waals surface area contributed by atoms with E-state index >= 15 is 0 Å². The molecule has 1 fully saturated rings. The van der Waals surface area contributed by atoms with Gasteiger partial charge in [0.05, 0.1) is 33.7 Å². The molecule has 0 radical (unpaired) electrons. The Morgan fingerprint density at radius 3 is 2.78 bits per heavy atom. The normalized spacial score (nSPS) is 17.5. The first kappa shape index (κ1) is 17.9. The van der Waals surface area contributed by atoms with E-state index in [1.807, 2.05) is 45.0 Å². The van der Waals surface area contributed by atoms with Crippen molar-refractivity contribution in [3.63, 3.8) is 0 Å². The van der Waals surface area contributed by atoms with Gasteiger partial charge in [0.1, 0.15) is 4.88 Å². The smallest absolute Gasteiger partial charge is 0.266 e. The van der Waals surface area contributed by atoms with E-state index in [4.69, 9.17) is 9.62 Å². The standard InChI is InChI=1S/C19H23N5O2S/c1-11-9-16(26-22-11)14-10-23(4)21-17(14)15-7-5-6-8-24(15)19(25)18-12(2)20-13(3)27-18/h9-10,15H,5-8H2,1-4H3. The Kier molecular flexibility index (Phi) is 4.59. The number of likely N-dealkylation sites (tertiary alicyclic amines) is 1. The average Bonchev–Trinajstić information content (AvgIpc) is 3.32. The molecule has 0 spiro atoms. The molecule has 1 aliphatic rings. The van der Waals surface area contributed by atoms with Gasteiger partial charge < -0.3 is 9.42 Å². The highest BCUT2D eigenvalue weighted by molar-refractivity contribution is 7.13. The number of carbonyl (C=O) groups is 1. The van der Waals surface area contributed by atoms with Crippen LogP contribution in [0, 0.1) is 20.8 Å². The van der Waals surface area contributed by atoms with E-state index in [0.29, 0.717) is 5.76 Å². The maximum absolute atomic E-state index is 13.3. The van der Waals surface area contributed by atoms with Crippen molar-refractivity contribution in [2.75, 3.05) is 6.54 Å². The van der Waals surface area contributed by atoms with E-state index in [1.165, 1.54) is 11.3 Å². The number of amides is 1. The van der Waals surface area contributed by atoms with Crippen molar-refractivity contribution in [3.8, 4) is 11.3 Å². The van der Waals surface area contributed by atoms with Crippen LogP contribution in [-0.2, 0) is 7.05 Å². The minimum Gasteiger partial charge on any atom is -0.356 e. The van der Waals surface area contributed by atoms with Crippen LogP contribution in [0.4, 0.5) is 0 Å². The molecule has 4 rings (SSSR count). The van der Waals surface area contributed by atoms with Gasteiger partial charge in [-0.1, -0.05) is 5.16 Å². The molecule has 1 saturated heterocycles. The molecule has 3 aromatic rings. The lowest BCUT2D eigenvalue weighted by Crippen LogP contribution is -2.38. The zero-order chi connectivity index (χ0) is 19.1. The summed E-state index contributed by atoms with van der Waals surface area (Å²) in [5, 5.41) is 9.62.